The molecule has 20 heavy (non-hydrogen) atoms. The van der Waals surface area contributed by atoms with Crippen molar-refractivity contribution in [2.45, 2.75) is 13.0 Å². The number of carbonyl (C=O) groups is 2. The van der Waals surface area contributed by atoms with Gasteiger partial charge >= 0.3 is 5.97 Å². The van der Waals surface area contributed by atoms with E-state index in [9.17, 15) is 9.59 Å². The fourth-order valence-corrected chi connectivity index (χ4v) is 1.92. The van der Waals surface area contributed by atoms with E-state index in [-0.39, 0.29) is 12.5 Å². The smallest absolute Gasteiger partial charge is 0.336 e. The lowest BCUT2D eigenvalue weighted by Crippen LogP contribution is -2.48. The Morgan fingerprint density at radius 3 is 3.05 bits per heavy atom. The third kappa shape index (κ3) is 3.78. The Labute approximate surface area is 116 Å². The second kappa shape index (κ2) is 6.49. The number of esters is 1. The van der Waals surface area contributed by atoms with E-state index in [1.807, 2.05) is 4.90 Å². The molecule has 1 aliphatic rings. The highest BCUT2D eigenvalue weighted by Gasteiger charge is 2.28. The molecule has 8 nitrogen and oxygen atoms in total. The number of hydrogen-bond acceptors (Lipinski definition) is 7. The average molecular weight is 283 g/mol. The number of anilines is 1. The fourth-order valence-electron chi connectivity index (χ4n) is 1.92. The minimum atomic E-state index is -0.644. The molecule has 1 saturated heterocycles. The first kappa shape index (κ1) is 14.5. The van der Waals surface area contributed by atoms with Crippen molar-refractivity contribution in [3.05, 3.63) is 11.8 Å². The zero-order chi connectivity index (χ0) is 14.5. The number of ether oxygens (including phenoxy) is 2. The number of hydrogen-bond donors (Lipinski definition) is 1. The van der Waals surface area contributed by atoms with E-state index in [1.165, 1.54) is 7.11 Å². The van der Waals surface area contributed by atoms with E-state index in [1.54, 1.807) is 13.0 Å². The zero-order valence-electron chi connectivity index (χ0n) is 11.4. The third-order valence-electron chi connectivity index (χ3n) is 2.87. The van der Waals surface area contributed by atoms with Gasteiger partial charge in [0.25, 0.3) is 0 Å². The average Bonchev–Trinajstić information content (AvgIpc) is 2.83. The van der Waals surface area contributed by atoms with Crippen LogP contribution < -0.4 is 5.32 Å². The third-order valence-corrected chi connectivity index (χ3v) is 2.87. The Kier molecular flexibility index (Phi) is 4.70. The molecule has 2 rings (SSSR count). The summed E-state index contributed by atoms with van der Waals surface area (Å²) in [5.41, 5.74) is 0.692. The molecule has 110 valence electrons. The number of aryl methyl sites for hydroxylation is 1. The second-order valence-electron chi connectivity index (χ2n) is 4.50. The first-order valence-corrected chi connectivity index (χ1v) is 6.23. The lowest BCUT2D eigenvalue weighted by Gasteiger charge is -2.30. The normalized spacial score (nSPS) is 19.6. The van der Waals surface area contributed by atoms with Gasteiger partial charge in [-0.2, -0.15) is 0 Å². The van der Waals surface area contributed by atoms with E-state index in [0.29, 0.717) is 31.3 Å². The van der Waals surface area contributed by atoms with Crippen molar-refractivity contribution in [1.82, 2.24) is 10.1 Å². The lowest BCUT2D eigenvalue weighted by atomic mass is 10.2. The van der Waals surface area contributed by atoms with Gasteiger partial charge in [-0.1, -0.05) is 5.16 Å². The number of carbonyl (C=O) groups excluding carboxylic acids is 2. The first-order chi connectivity index (χ1) is 9.58. The van der Waals surface area contributed by atoms with Gasteiger partial charge in [-0.3, -0.25) is 15.0 Å². The van der Waals surface area contributed by atoms with Crippen LogP contribution in [0.3, 0.4) is 0 Å². The topological polar surface area (TPSA) is 93.9 Å². The van der Waals surface area contributed by atoms with Gasteiger partial charge in [0, 0.05) is 19.2 Å². The molecule has 1 unspecified atom stereocenters. The Bertz CT molecular complexity index is 487. The summed E-state index contributed by atoms with van der Waals surface area (Å²) < 4.78 is 14.8. The molecule has 1 fully saturated rings. The van der Waals surface area contributed by atoms with Gasteiger partial charge in [-0.25, -0.2) is 4.79 Å². The number of morpholine rings is 1. The summed E-state index contributed by atoms with van der Waals surface area (Å²) in [4.78, 5) is 25.1. The summed E-state index contributed by atoms with van der Waals surface area (Å²) in [7, 11) is 1.31. The van der Waals surface area contributed by atoms with Gasteiger partial charge in [-0.15, -0.1) is 0 Å². The summed E-state index contributed by atoms with van der Waals surface area (Å²) in [5.74, 6) is -0.349. The molecule has 1 atom stereocenters. The van der Waals surface area contributed by atoms with Crippen molar-refractivity contribution >= 4 is 17.8 Å². The Hall–Kier alpha value is -1.93. The van der Waals surface area contributed by atoms with Crippen molar-refractivity contribution in [3.63, 3.8) is 0 Å². The second-order valence-corrected chi connectivity index (χ2v) is 4.50. The van der Waals surface area contributed by atoms with Crippen LogP contribution in [0.25, 0.3) is 0 Å². The summed E-state index contributed by atoms with van der Waals surface area (Å²) in [6.45, 7) is 3.21. The van der Waals surface area contributed by atoms with Gasteiger partial charge in [0.15, 0.2) is 6.10 Å². The van der Waals surface area contributed by atoms with Gasteiger partial charge < -0.3 is 14.0 Å². The maximum Gasteiger partial charge on any atom is 0.336 e. The number of nitrogens with zero attached hydrogens (tertiary/aromatic N) is 2. The van der Waals surface area contributed by atoms with Crippen molar-refractivity contribution < 1.29 is 23.6 Å². The van der Waals surface area contributed by atoms with Crippen LogP contribution >= 0.6 is 0 Å². The van der Waals surface area contributed by atoms with Crippen molar-refractivity contribution in [2.75, 3.05) is 38.7 Å². The number of nitrogens with one attached hydrogen (secondary N) is 1. The predicted molar refractivity (Wildman–Crippen MR) is 68.1 cm³/mol. The molecule has 0 radical (unpaired) electrons. The van der Waals surface area contributed by atoms with Crippen LogP contribution in [0.5, 0.6) is 0 Å². The van der Waals surface area contributed by atoms with E-state index >= 15 is 0 Å². The highest BCUT2D eigenvalue weighted by molar-refractivity contribution is 5.91. The summed E-state index contributed by atoms with van der Waals surface area (Å²) >= 11 is 0. The molecule has 1 N–H and O–H groups in total. The van der Waals surface area contributed by atoms with Gasteiger partial charge in [-0.05, 0) is 6.92 Å². The number of aromatic nitrogens is 1. The van der Waals surface area contributed by atoms with Crippen LogP contribution in [0.2, 0.25) is 0 Å². The SMILES string of the molecule is COC(=O)C1CN(CC(=O)Nc2cc(C)no2)CCO1. The van der Waals surface area contributed by atoms with E-state index < -0.39 is 12.1 Å². The summed E-state index contributed by atoms with van der Waals surface area (Å²) in [6, 6.07) is 1.63. The number of rotatable bonds is 4. The molecule has 1 aromatic rings. The minimum absolute atomic E-state index is 0.149. The molecule has 1 aliphatic heterocycles. The first-order valence-electron chi connectivity index (χ1n) is 6.23. The Balaban J connectivity index is 1.83. The number of methoxy groups -OCH3 is 1. The molecule has 2 heterocycles. The maximum absolute atomic E-state index is 11.8. The fraction of sp³-hybridized carbons (Fsp3) is 0.583. The molecule has 8 heteroatoms. The largest absolute Gasteiger partial charge is 0.467 e. The maximum atomic E-state index is 11.8. The van der Waals surface area contributed by atoms with Crippen molar-refractivity contribution in [1.29, 1.82) is 0 Å². The highest BCUT2D eigenvalue weighted by atomic mass is 16.6. The molecular weight excluding hydrogens is 266 g/mol. The van der Waals surface area contributed by atoms with Crippen molar-refractivity contribution in [3.8, 4) is 0 Å². The zero-order valence-corrected chi connectivity index (χ0v) is 11.4. The van der Waals surface area contributed by atoms with Gasteiger partial charge in [0.05, 0.1) is 26.0 Å². The van der Waals surface area contributed by atoms with Crippen LogP contribution in [0.15, 0.2) is 10.6 Å². The molecule has 0 saturated carbocycles. The molecular formula is C12H17N3O5. The molecule has 1 aromatic heterocycles. The van der Waals surface area contributed by atoms with Crippen molar-refractivity contribution in [2.24, 2.45) is 0 Å². The van der Waals surface area contributed by atoms with Gasteiger partial charge in [0.1, 0.15) is 0 Å². The Morgan fingerprint density at radius 1 is 1.60 bits per heavy atom. The minimum Gasteiger partial charge on any atom is -0.467 e. The van der Waals surface area contributed by atoms with E-state index in [0.717, 1.165) is 0 Å². The molecule has 0 spiro atoms. The van der Waals surface area contributed by atoms with Crippen LogP contribution in [-0.4, -0.2) is 61.4 Å². The standard InChI is InChI=1S/C12H17N3O5/c1-8-5-11(20-14-8)13-10(16)7-15-3-4-19-9(6-15)12(17)18-2/h5,9H,3-4,6-7H2,1-2H3,(H,13,16). The molecule has 1 amide bonds. The van der Waals surface area contributed by atoms with Gasteiger partial charge in [0.2, 0.25) is 11.8 Å². The van der Waals surface area contributed by atoms with E-state index in [4.69, 9.17) is 9.26 Å². The molecule has 0 bridgehead atoms. The van der Waals surface area contributed by atoms with Crippen LogP contribution in [0.1, 0.15) is 5.69 Å². The Morgan fingerprint density at radius 2 is 2.40 bits per heavy atom. The van der Waals surface area contributed by atoms with Crippen LogP contribution in [0, 0.1) is 6.92 Å². The summed E-state index contributed by atoms with van der Waals surface area (Å²) in [5, 5.41) is 6.28. The quantitative estimate of drug-likeness (QED) is 0.764. The lowest BCUT2D eigenvalue weighted by molar-refractivity contribution is -0.160. The van der Waals surface area contributed by atoms with E-state index in [2.05, 4.69) is 15.2 Å². The van der Waals surface area contributed by atoms with Crippen LogP contribution in [0.4, 0.5) is 5.88 Å². The monoisotopic (exact) mass is 283 g/mol. The predicted octanol–water partition coefficient (Wildman–Crippen LogP) is -0.205. The molecule has 0 aliphatic carbocycles. The van der Waals surface area contributed by atoms with Crippen LogP contribution in [-0.2, 0) is 19.1 Å². The molecule has 0 aromatic carbocycles. The highest BCUT2D eigenvalue weighted by Crippen LogP contribution is 2.10. The summed E-state index contributed by atoms with van der Waals surface area (Å²) in [6.07, 6.45) is -0.644. The number of amides is 1.